The third-order valence-corrected chi connectivity index (χ3v) is 5.50. The second-order valence-corrected chi connectivity index (χ2v) is 7.39. The van der Waals surface area contributed by atoms with Gasteiger partial charge in [-0.15, -0.1) is 0 Å². The number of oxazole rings is 1. The molecular weight excluding hydrogens is 442 g/mol. The van der Waals surface area contributed by atoms with Crippen molar-refractivity contribution in [3.8, 4) is 0 Å². The van der Waals surface area contributed by atoms with Gasteiger partial charge in [0.15, 0.2) is 5.58 Å². The Bertz CT molecular complexity index is 1060. The number of carbonyl (C=O) groups is 1. The highest BCUT2D eigenvalue weighted by molar-refractivity contribution is 6.06. The van der Waals surface area contributed by atoms with Gasteiger partial charge in [-0.3, -0.25) is 15.1 Å². The van der Waals surface area contributed by atoms with E-state index in [1.165, 1.54) is 18.3 Å². The third kappa shape index (κ3) is 7.17. The van der Waals surface area contributed by atoms with Crippen LogP contribution >= 0.6 is 0 Å². The number of nitro benzene ring substituents is 1. The van der Waals surface area contributed by atoms with E-state index >= 15 is 0 Å². The van der Waals surface area contributed by atoms with Crippen LogP contribution in [0.25, 0.3) is 22.0 Å². The topological polar surface area (TPSA) is 135 Å². The lowest BCUT2D eigenvalue weighted by molar-refractivity contribution is -0.383. The lowest BCUT2D eigenvalue weighted by Crippen LogP contribution is -2.30. The van der Waals surface area contributed by atoms with Crippen LogP contribution in [0.2, 0.25) is 0 Å². The zero-order valence-corrected chi connectivity index (χ0v) is 20.2. The van der Waals surface area contributed by atoms with Gasteiger partial charge in [-0.05, 0) is 38.3 Å². The third-order valence-electron chi connectivity index (χ3n) is 5.50. The van der Waals surface area contributed by atoms with Crippen LogP contribution in [0.1, 0.15) is 38.4 Å². The van der Waals surface area contributed by atoms with E-state index in [9.17, 15) is 14.9 Å². The molecule has 0 saturated heterocycles. The van der Waals surface area contributed by atoms with Gasteiger partial charge in [0.25, 0.3) is 5.69 Å². The van der Waals surface area contributed by atoms with Crippen LogP contribution in [0, 0.1) is 10.1 Å². The SMILES string of the molecule is CCN(CC)CCOCCN(CC)CC.O=C(O)c1nc2cc([N+](=O)[O-])c3cccnc3c2o1. The van der Waals surface area contributed by atoms with Crippen molar-refractivity contribution in [1.29, 1.82) is 0 Å². The van der Waals surface area contributed by atoms with Gasteiger partial charge in [-0.25, -0.2) is 9.78 Å². The maximum Gasteiger partial charge on any atom is 0.392 e. The average Bonchev–Trinajstić information content (AvgIpc) is 3.29. The molecule has 0 radical (unpaired) electrons. The predicted molar refractivity (Wildman–Crippen MR) is 129 cm³/mol. The van der Waals surface area contributed by atoms with Crippen molar-refractivity contribution in [1.82, 2.24) is 19.8 Å². The second-order valence-electron chi connectivity index (χ2n) is 7.39. The number of carboxylic acids is 1. The van der Waals surface area contributed by atoms with E-state index in [0.29, 0.717) is 0 Å². The highest BCUT2D eigenvalue weighted by atomic mass is 16.6. The van der Waals surface area contributed by atoms with Gasteiger partial charge in [0.1, 0.15) is 11.0 Å². The smallest absolute Gasteiger partial charge is 0.392 e. The Balaban J connectivity index is 0.000000249. The first-order chi connectivity index (χ1) is 16.4. The van der Waals surface area contributed by atoms with Gasteiger partial charge in [0.05, 0.1) is 23.5 Å². The molecule has 11 heteroatoms. The number of aromatic carboxylic acids is 1. The number of likely N-dealkylation sites (N-methyl/N-ethyl adjacent to an activating group) is 2. The number of aromatic nitrogens is 2. The van der Waals surface area contributed by atoms with Crippen LogP contribution in [0.3, 0.4) is 0 Å². The normalized spacial score (nSPS) is 11.2. The summed E-state index contributed by atoms with van der Waals surface area (Å²) >= 11 is 0. The Morgan fingerprint density at radius 2 is 1.71 bits per heavy atom. The Hall–Kier alpha value is -3.15. The zero-order valence-electron chi connectivity index (χ0n) is 20.2. The van der Waals surface area contributed by atoms with E-state index in [1.807, 2.05) is 0 Å². The molecule has 34 heavy (non-hydrogen) atoms. The Morgan fingerprint density at radius 1 is 1.12 bits per heavy atom. The summed E-state index contributed by atoms with van der Waals surface area (Å²) in [6.45, 7) is 17.1. The Labute approximate surface area is 198 Å². The number of nitrogens with zero attached hydrogens (tertiary/aromatic N) is 5. The summed E-state index contributed by atoms with van der Waals surface area (Å²) in [6, 6.07) is 4.24. The molecule has 0 aliphatic rings. The molecule has 3 rings (SSSR count). The van der Waals surface area contributed by atoms with Crippen molar-refractivity contribution >= 4 is 33.7 Å². The lowest BCUT2D eigenvalue weighted by Gasteiger charge is -2.20. The standard InChI is InChI=1S/C12H28N2O.C11H5N3O5/c1-5-13(6-2)9-11-15-12-10-14(7-3)8-4;15-11(16)10-13-6-4-7(14(17)18)5-2-1-3-12-8(5)9(6)19-10/h5-12H2,1-4H3;1-4H,(H,15,16). The second kappa shape index (κ2) is 13.5. The minimum Gasteiger partial charge on any atom is -0.474 e. The molecule has 2 aromatic heterocycles. The number of ether oxygens (including phenoxy) is 1. The maximum atomic E-state index is 11.0. The minimum atomic E-state index is -1.34. The highest BCUT2D eigenvalue weighted by Crippen LogP contribution is 2.32. The maximum absolute atomic E-state index is 11.0. The molecule has 0 saturated carbocycles. The monoisotopic (exact) mass is 475 g/mol. The van der Waals surface area contributed by atoms with Crippen molar-refractivity contribution in [2.45, 2.75) is 27.7 Å². The molecule has 0 aliphatic carbocycles. The molecular formula is C23H33N5O6. The molecule has 0 amide bonds. The fraction of sp³-hybridized carbons (Fsp3) is 0.522. The zero-order chi connectivity index (χ0) is 25.1. The lowest BCUT2D eigenvalue weighted by atomic mass is 10.1. The Kier molecular flexibility index (Phi) is 10.8. The summed E-state index contributed by atoms with van der Waals surface area (Å²) in [5, 5.41) is 20.1. The molecule has 0 fully saturated rings. The quantitative estimate of drug-likeness (QED) is 0.235. The van der Waals surface area contributed by atoms with E-state index in [0.717, 1.165) is 52.5 Å². The number of pyridine rings is 1. The summed E-state index contributed by atoms with van der Waals surface area (Å²) in [5.74, 6) is -1.87. The number of rotatable bonds is 12. The number of nitro groups is 1. The van der Waals surface area contributed by atoms with Crippen LogP contribution in [0.15, 0.2) is 28.8 Å². The molecule has 1 N–H and O–H groups in total. The molecule has 0 bridgehead atoms. The van der Waals surface area contributed by atoms with Crippen molar-refractivity contribution in [3.63, 3.8) is 0 Å². The summed E-state index contributed by atoms with van der Waals surface area (Å²) in [6.07, 6.45) is 1.44. The van der Waals surface area contributed by atoms with E-state index in [1.54, 1.807) is 6.07 Å². The largest absolute Gasteiger partial charge is 0.474 e. The van der Waals surface area contributed by atoms with Crippen LogP contribution in [-0.4, -0.2) is 88.2 Å². The first kappa shape index (κ1) is 27.1. The van der Waals surface area contributed by atoms with E-state index in [-0.39, 0.29) is 27.7 Å². The highest BCUT2D eigenvalue weighted by Gasteiger charge is 2.21. The fourth-order valence-corrected chi connectivity index (χ4v) is 3.41. The van der Waals surface area contributed by atoms with Crippen molar-refractivity contribution < 1.29 is 24.0 Å². The van der Waals surface area contributed by atoms with Gasteiger partial charge < -0.3 is 24.1 Å². The molecule has 0 atom stereocenters. The van der Waals surface area contributed by atoms with E-state index in [4.69, 9.17) is 14.3 Å². The summed E-state index contributed by atoms with van der Waals surface area (Å²) in [5.41, 5.74) is 0.237. The van der Waals surface area contributed by atoms with E-state index < -0.39 is 16.8 Å². The van der Waals surface area contributed by atoms with Gasteiger partial charge in [0.2, 0.25) is 0 Å². The number of fused-ring (bicyclic) bond motifs is 3. The van der Waals surface area contributed by atoms with E-state index in [2.05, 4.69) is 47.5 Å². The first-order valence-electron chi connectivity index (χ1n) is 11.4. The number of non-ortho nitro benzene ring substituents is 1. The molecule has 0 spiro atoms. The summed E-state index contributed by atoms with van der Waals surface area (Å²) < 4.78 is 10.7. The minimum absolute atomic E-state index is 0.0929. The number of carboxylic acid groups (broad SMARTS) is 1. The first-order valence-corrected chi connectivity index (χ1v) is 11.4. The molecule has 3 aromatic rings. The number of hydrogen-bond acceptors (Lipinski definition) is 9. The van der Waals surface area contributed by atoms with Crippen molar-refractivity contribution in [2.24, 2.45) is 0 Å². The van der Waals surface area contributed by atoms with Crippen LogP contribution in [0.4, 0.5) is 5.69 Å². The van der Waals surface area contributed by atoms with Gasteiger partial charge in [-0.2, -0.15) is 0 Å². The van der Waals surface area contributed by atoms with Crippen LogP contribution in [-0.2, 0) is 4.74 Å². The van der Waals surface area contributed by atoms with Crippen LogP contribution in [0.5, 0.6) is 0 Å². The fourth-order valence-electron chi connectivity index (χ4n) is 3.41. The summed E-state index contributed by atoms with van der Waals surface area (Å²) in [7, 11) is 0. The Morgan fingerprint density at radius 3 is 2.21 bits per heavy atom. The molecule has 0 aliphatic heterocycles. The van der Waals surface area contributed by atoms with Gasteiger partial charge >= 0.3 is 11.9 Å². The average molecular weight is 476 g/mol. The number of benzene rings is 1. The molecule has 2 heterocycles. The molecule has 0 unspecified atom stereocenters. The van der Waals surface area contributed by atoms with Crippen molar-refractivity contribution in [2.75, 3.05) is 52.5 Å². The molecule has 11 nitrogen and oxygen atoms in total. The molecule has 186 valence electrons. The van der Waals surface area contributed by atoms with Crippen LogP contribution < -0.4 is 0 Å². The van der Waals surface area contributed by atoms with Gasteiger partial charge in [-0.1, -0.05) is 27.7 Å². The van der Waals surface area contributed by atoms with Crippen molar-refractivity contribution in [3.05, 3.63) is 40.4 Å². The van der Waals surface area contributed by atoms with Gasteiger partial charge in [0, 0.05) is 25.4 Å². The predicted octanol–water partition coefficient (Wildman–Crippen LogP) is 3.67. The molecule has 1 aromatic carbocycles. The summed E-state index contributed by atoms with van der Waals surface area (Å²) in [4.78, 5) is 33.7. The number of hydrogen-bond donors (Lipinski definition) is 1.